The molecule has 164 valence electrons. The minimum atomic E-state index is -0.137. The monoisotopic (exact) mass is 529 g/mol. The molecule has 1 amide bonds. The van der Waals surface area contributed by atoms with Gasteiger partial charge in [0.05, 0.1) is 21.1 Å². The number of unbranched alkanes of at least 4 members (excludes halogenated alkanes) is 1. The van der Waals surface area contributed by atoms with Crippen LogP contribution in [0.3, 0.4) is 0 Å². The largest absolute Gasteiger partial charge is 0.348 e. The van der Waals surface area contributed by atoms with Crippen molar-refractivity contribution < 1.29 is 4.79 Å². The third-order valence-electron chi connectivity index (χ3n) is 5.32. The van der Waals surface area contributed by atoms with Gasteiger partial charge in [0, 0.05) is 28.7 Å². The van der Waals surface area contributed by atoms with Crippen molar-refractivity contribution in [3.05, 3.63) is 86.3 Å². The topological polar surface area (TPSA) is 46.9 Å². The molecule has 0 saturated heterocycles. The van der Waals surface area contributed by atoms with Gasteiger partial charge in [-0.25, -0.2) is 4.98 Å². The van der Waals surface area contributed by atoms with E-state index in [1.54, 1.807) is 6.07 Å². The number of nitrogens with zero attached hydrogens (tertiary/aromatic N) is 2. The van der Waals surface area contributed by atoms with Crippen LogP contribution in [-0.4, -0.2) is 15.5 Å². The summed E-state index contributed by atoms with van der Waals surface area (Å²) in [4.78, 5) is 17.7. The van der Waals surface area contributed by atoms with E-state index in [2.05, 4.69) is 32.7 Å². The number of aromatic nitrogens is 2. The maximum atomic E-state index is 12.8. The lowest BCUT2D eigenvalue weighted by atomic mass is 10.1. The Morgan fingerprint density at radius 1 is 1.06 bits per heavy atom. The molecular weight excluding hydrogens is 509 g/mol. The van der Waals surface area contributed by atoms with Crippen LogP contribution in [0.2, 0.25) is 10.0 Å². The lowest BCUT2D eigenvalue weighted by molar-refractivity contribution is 0.0951. The van der Waals surface area contributed by atoms with Crippen molar-refractivity contribution in [1.29, 1.82) is 0 Å². The van der Waals surface area contributed by atoms with Crippen LogP contribution in [0.25, 0.3) is 22.4 Å². The quantitative estimate of drug-likeness (QED) is 0.269. The Morgan fingerprint density at radius 2 is 1.88 bits per heavy atom. The van der Waals surface area contributed by atoms with E-state index in [0.717, 1.165) is 51.8 Å². The Bertz CT molecular complexity index is 1290. The normalized spacial score (nSPS) is 11.1. The second kappa shape index (κ2) is 10.1. The van der Waals surface area contributed by atoms with E-state index in [9.17, 15) is 4.79 Å². The molecule has 0 atom stereocenters. The summed E-state index contributed by atoms with van der Waals surface area (Å²) in [5.74, 6) is 0.680. The number of carbonyl (C=O) groups is 1. The molecule has 32 heavy (non-hydrogen) atoms. The molecule has 7 heteroatoms. The maximum Gasteiger partial charge on any atom is 0.251 e. The van der Waals surface area contributed by atoms with Crippen molar-refractivity contribution in [2.24, 2.45) is 0 Å². The molecule has 0 unspecified atom stereocenters. The van der Waals surface area contributed by atoms with Gasteiger partial charge in [-0.05, 0) is 54.4 Å². The maximum absolute atomic E-state index is 12.8. The number of hydrogen-bond donors (Lipinski definition) is 1. The van der Waals surface area contributed by atoms with Gasteiger partial charge >= 0.3 is 0 Å². The fourth-order valence-corrected chi connectivity index (χ4v) is 4.31. The third kappa shape index (κ3) is 4.85. The van der Waals surface area contributed by atoms with E-state index in [1.807, 2.05) is 54.6 Å². The van der Waals surface area contributed by atoms with Crippen molar-refractivity contribution >= 4 is 56.1 Å². The number of benzene rings is 3. The van der Waals surface area contributed by atoms with Gasteiger partial charge in [0.1, 0.15) is 5.82 Å². The highest BCUT2D eigenvalue weighted by Gasteiger charge is 2.16. The second-order valence-electron chi connectivity index (χ2n) is 7.55. The van der Waals surface area contributed by atoms with E-state index in [0.29, 0.717) is 22.2 Å². The fourth-order valence-electron chi connectivity index (χ4n) is 3.59. The predicted octanol–water partition coefficient (Wildman–Crippen LogP) is 7.50. The number of halogens is 3. The first-order valence-corrected chi connectivity index (χ1v) is 12.0. The van der Waals surface area contributed by atoms with Gasteiger partial charge in [-0.3, -0.25) is 4.79 Å². The molecule has 0 fully saturated rings. The van der Waals surface area contributed by atoms with Gasteiger partial charge in [-0.15, -0.1) is 0 Å². The Morgan fingerprint density at radius 3 is 2.62 bits per heavy atom. The first-order chi connectivity index (χ1) is 15.5. The van der Waals surface area contributed by atoms with Crippen molar-refractivity contribution in [2.75, 3.05) is 0 Å². The number of carbonyl (C=O) groups excluding carboxylic acids is 1. The molecular formula is C25H22BrCl2N3O. The molecule has 0 aliphatic heterocycles. The van der Waals surface area contributed by atoms with Gasteiger partial charge in [-0.2, -0.15) is 0 Å². The van der Waals surface area contributed by atoms with E-state index in [-0.39, 0.29) is 5.91 Å². The van der Waals surface area contributed by atoms with Crippen LogP contribution >= 0.6 is 39.1 Å². The average Bonchev–Trinajstić information content (AvgIpc) is 3.16. The summed E-state index contributed by atoms with van der Waals surface area (Å²) in [5.41, 5.74) is 4.25. The van der Waals surface area contributed by atoms with Crippen molar-refractivity contribution in [2.45, 2.75) is 32.9 Å². The van der Waals surface area contributed by atoms with Crippen molar-refractivity contribution in [3.63, 3.8) is 0 Å². The van der Waals surface area contributed by atoms with Crippen LogP contribution in [0.4, 0.5) is 0 Å². The summed E-state index contributed by atoms with van der Waals surface area (Å²) in [7, 11) is 0. The number of aryl methyl sites for hydroxylation is 1. The highest BCUT2D eigenvalue weighted by atomic mass is 79.9. The lowest BCUT2D eigenvalue weighted by Gasteiger charge is -2.10. The van der Waals surface area contributed by atoms with E-state index in [4.69, 9.17) is 28.2 Å². The molecule has 4 rings (SSSR count). The zero-order chi connectivity index (χ0) is 22.7. The number of rotatable bonds is 7. The molecule has 0 aliphatic rings. The van der Waals surface area contributed by atoms with E-state index >= 15 is 0 Å². The molecule has 1 heterocycles. The van der Waals surface area contributed by atoms with Crippen LogP contribution in [0.5, 0.6) is 0 Å². The van der Waals surface area contributed by atoms with E-state index in [1.165, 1.54) is 0 Å². The summed E-state index contributed by atoms with van der Waals surface area (Å²) < 4.78 is 3.15. The summed E-state index contributed by atoms with van der Waals surface area (Å²) in [5, 5.41) is 3.99. The summed E-state index contributed by atoms with van der Waals surface area (Å²) in [6.45, 7) is 3.43. The molecule has 3 aromatic carbocycles. The molecule has 0 saturated carbocycles. The Balaban J connectivity index is 1.66. The minimum absolute atomic E-state index is 0.137. The molecule has 4 nitrogen and oxygen atoms in total. The molecule has 0 aliphatic carbocycles. The van der Waals surface area contributed by atoms with E-state index < -0.39 is 0 Å². The van der Waals surface area contributed by atoms with Crippen LogP contribution in [-0.2, 0) is 13.1 Å². The molecule has 0 bridgehead atoms. The third-order valence-corrected chi connectivity index (χ3v) is 6.83. The van der Waals surface area contributed by atoms with Gasteiger partial charge in [0.2, 0.25) is 0 Å². The average molecular weight is 531 g/mol. The summed E-state index contributed by atoms with van der Waals surface area (Å²) in [6.07, 6.45) is 2.09. The van der Waals surface area contributed by atoms with Crippen molar-refractivity contribution in [1.82, 2.24) is 14.9 Å². The number of nitrogens with one attached hydrogen (secondary N) is 1. The summed E-state index contributed by atoms with van der Waals surface area (Å²) >= 11 is 15.9. The van der Waals surface area contributed by atoms with Gasteiger partial charge < -0.3 is 9.88 Å². The Kier molecular flexibility index (Phi) is 7.19. The first-order valence-electron chi connectivity index (χ1n) is 10.4. The number of imidazole rings is 1. The summed E-state index contributed by atoms with van der Waals surface area (Å²) in [6, 6.07) is 19.0. The first kappa shape index (κ1) is 22.8. The van der Waals surface area contributed by atoms with Crippen molar-refractivity contribution in [3.8, 4) is 11.4 Å². The highest BCUT2D eigenvalue weighted by Crippen LogP contribution is 2.31. The highest BCUT2D eigenvalue weighted by molar-refractivity contribution is 9.10. The Labute approximate surface area is 205 Å². The zero-order valence-electron chi connectivity index (χ0n) is 17.5. The predicted molar refractivity (Wildman–Crippen MR) is 135 cm³/mol. The van der Waals surface area contributed by atoms with Crippen LogP contribution < -0.4 is 5.32 Å². The van der Waals surface area contributed by atoms with Gasteiger partial charge in [0.15, 0.2) is 0 Å². The smallest absolute Gasteiger partial charge is 0.251 e. The van der Waals surface area contributed by atoms with Crippen LogP contribution in [0, 0.1) is 0 Å². The van der Waals surface area contributed by atoms with Gasteiger partial charge in [0.25, 0.3) is 5.91 Å². The molecule has 1 N–H and O–H groups in total. The standard InChI is InChI=1S/C25H22BrCl2N3O/c1-2-3-12-31-23-11-9-17(25(32)29-15-18-6-4-5-7-19(18)26)14-22(23)30-24(31)16-8-10-20(27)21(28)13-16/h4-11,13-14H,2-3,12,15H2,1H3,(H,29,32). The molecule has 1 aromatic heterocycles. The molecule has 0 radical (unpaired) electrons. The second-order valence-corrected chi connectivity index (χ2v) is 9.22. The SMILES string of the molecule is CCCCn1c(-c2ccc(Cl)c(Cl)c2)nc2cc(C(=O)NCc3ccccc3Br)ccc21. The Hall–Kier alpha value is -2.34. The minimum Gasteiger partial charge on any atom is -0.348 e. The van der Waals surface area contributed by atoms with Crippen LogP contribution in [0.15, 0.2) is 65.1 Å². The fraction of sp³-hybridized carbons (Fsp3) is 0.200. The lowest BCUT2D eigenvalue weighted by Crippen LogP contribution is -2.22. The number of fused-ring (bicyclic) bond motifs is 1. The molecule has 4 aromatic rings. The number of hydrogen-bond acceptors (Lipinski definition) is 2. The van der Waals surface area contributed by atoms with Gasteiger partial charge in [-0.1, -0.05) is 70.7 Å². The number of amides is 1. The zero-order valence-corrected chi connectivity index (χ0v) is 20.6. The molecule has 0 spiro atoms. The van der Waals surface area contributed by atoms with Crippen LogP contribution in [0.1, 0.15) is 35.7 Å².